The van der Waals surface area contributed by atoms with E-state index in [4.69, 9.17) is 14.2 Å². The van der Waals surface area contributed by atoms with Gasteiger partial charge in [-0.15, -0.1) is 0 Å². The van der Waals surface area contributed by atoms with Crippen LogP contribution in [0.4, 0.5) is 0 Å². The summed E-state index contributed by atoms with van der Waals surface area (Å²) in [7, 11) is 3.57. The number of carbonyl (C=O) groups excluding carboxylic acids is 1. The van der Waals surface area contributed by atoms with Crippen molar-refractivity contribution in [3.63, 3.8) is 0 Å². The van der Waals surface area contributed by atoms with E-state index in [0.717, 1.165) is 28.4 Å². The van der Waals surface area contributed by atoms with E-state index in [2.05, 4.69) is 5.32 Å². The van der Waals surface area contributed by atoms with Gasteiger partial charge in [0.1, 0.15) is 5.75 Å². The van der Waals surface area contributed by atoms with Crippen LogP contribution in [0.3, 0.4) is 0 Å². The van der Waals surface area contributed by atoms with Crippen molar-refractivity contribution in [3.8, 4) is 17.2 Å². The molecule has 0 bridgehead atoms. The highest BCUT2D eigenvalue weighted by Gasteiger charge is 2.13. The Morgan fingerprint density at radius 3 is 2.60 bits per heavy atom. The van der Waals surface area contributed by atoms with Crippen LogP contribution in [0.25, 0.3) is 0 Å². The van der Waals surface area contributed by atoms with Crippen molar-refractivity contribution in [2.45, 2.75) is 13.1 Å². The van der Waals surface area contributed by atoms with Crippen LogP contribution in [-0.4, -0.2) is 38.3 Å². The molecule has 0 fully saturated rings. The lowest BCUT2D eigenvalue weighted by molar-refractivity contribution is -0.122. The van der Waals surface area contributed by atoms with E-state index in [1.807, 2.05) is 54.4 Å². The summed E-state index contributed by atoms with van der Waals surface area (Å²) >= 11 is 0. The van der Waals surface area contributed by atoms with E-state index in [0.29, 0.717) is 19.6 Å². The number of likely N-dealkylation sites (N-methyl/N-ethyl adjacent to an activating group) is 1. The van der Waals surface area contributed by atoms with Crippen LogP contribution in [0.5, 0.6) is 17.2 Å². The molecule has 1 amide bonds. The molecule has 0 saturated heterocycles. The molecule has 25 heavy (non-hydrogen) atoms. The summed E-state index contributed by atoms with van der Waals surface area (Å²) in [5, 5.41) is 2.93. The summed E-state index contributed by atoms with van der Waals surface area (Å²) in [4.78, 5) is 14.1. The van der Waals surface area contributed by atoms with Crippen LogP contribution >= 0.6 is 0 Å². The zero-order valence-electron chi connectivity index (χ0n) is 14.5. The average Bonchev–Trinajstić information content (AvgIpc) is 3.08. The summed E-state index contributed by atoms with van der Waals surface area (Å²) in [5.74, 6) is 2.28. The predicted molar refractivity (Wildman–Crippen MR) is 93.7 cm³/mol. The third-order valence-corrected chi connectivity index (χ3v) is 3.95. The first-order chi connectivity index (χ1) is 12.1. The Labute approximate surface area is 147 Å². The quantitative estimate of drug-likeness (QED) is 0.836. The molecular formula is C19H22N2O4. The molecule has 0 unspecified atom stereocenters. The molecule has 0 spiro atoms. The largest absolute Gasteiger partial charge is 0.497 e. The van der Waals surface area contributed by atoms with Crippen LogP contribution in [-0.2, 0) is 17.9 Å². The molecule has 1 N–H and O–H groups in total. The molecule has 2 aromatic rings. The number of fused-ring (bicyclic) bond motifs is 1. The Hall–Kier alpha value is -2.73. The third kappa shape index (κ3) is 4.64. The Balaban J connectivity index is 1.45. The second kappa shape index (κ2) is 7.90. The fourth-order valence-corrected chi connectivity index (χ4v) is 2.65. The SMILES string of the molecule is COc1ccc(CN(C)CC(=O)NCc2ccc3c(c2)OCO3)cc1. The summed E-state index contributed by atoms with van der Waals surface area (Å²) in [6.07, 6.45) is 0. The molecule has 3 rings (SSSR count). The summed E-state index contributed by atoms with van der Waals surface area (Å²) < 4.78 is 15.8. The molecule has 1 heterocycles. The molecule has 6 heteroatoms. The normalized spacial score (nSPS) is 12.3. The van der Waals surface area contributed by atoms with E-state index in [1.54, 1.807) is 7.11 Å². The highest BCUT2D eigenvalue weighted by molar-refractivity contribution is 5.78. The molecule has 6 nitrogen and oxygen atoms in total. The number of nitrogens with one attached hydrogen (secondary N) is 1. The molecule has 0 saturated carbocycles. The van der Waals surface area contributed by atoms with Crippen molar-refractivity contribution >= 4 is 5.91 Å². The molecule has 132 valence electrons. The lowest BCUT2D eigenvalue weighted by Crippen LogP contribution is -2.34. The number of hydrogen-bond donors (Lipinski definition) is 1. The monoisotopic (exact) mass is 342 g/mol. The zero-order chi connectivity index (χ0) is 17.6. The summed E-state index contributed by atoms with van der Waals surface area (Å²) in [5.41, 5.74) is 2.11. The van der Waals surface area contributed by atoms with Crippen molar-refractivity contribution in [2.75, 3.05) is 27.5 Å². The maximum absolute atomic E-state index is 12.1. The van der Waals surface area contributed by atoms with E-state index in [-0.39, 0.29) is 12.7 Å². The molecule has 1 aliphatic heterocycles. The molecule has 0 aromatic heterocycles. The fraction of sp³-hybridized carbons (Fsp3) is 0.316. The molecule has 0 radical (unpaired) electrons. The second-order valence-corrected chi connectivity index (χ2v) is 5.98. The van der Waals surface area contributed by atoms with Gasteiger partial charge in [0, 0.05) is 13.1 Å². The second-order valence-electron chi connectivity index (χ2n) is 5.98. The Morgan fingerprint density at radius 1 is 1.12 bits per heavy atom. The minimum absolute atomic E-state index is 0.0197. The topological polar surface area (TPSA) is 60.0 Å². The van der Waals surface area contributed by atoms with Gasteiger partial charge in [-0.1, -0.05) is 18.2 Å². The van der Waals surface area contributed by atoms with Crippen molar-refractivity contribution in [1.82, 2.24) is 10.2 Å². The van der Waals surface area contributed by atoms with Gasteiger partial charge in [0.2, 0.25) is 12.7 Å². The standard InChI is InChI=1S/C19H22N2O4/c1-21(11-14-3-6-16(23-2)7-4-14)12-19(22)20-10-15-5-8-17-18(9-15)25-13-24-17/h3-9H,10-13H2,1-2H3,(H,20,22). The van der Waals surface area contributed by atoms with Gasteiger partial charge in [0.15, 0.2) is 11.5 Å². The fourth-order valence-electron chi connectivity index (χ4n) is 2.65. The lowest BCUT2D eigenvalue weighted by Gasteiger charge is -2.16. The highest BCUT2D eigenvalue weighted by atomic mass is 16.7. The van der Waals surface area contributed by atoms with Crippen LogP contribution in [0, 0.1) is 0 Å². The van der Waals surface area contributed by atoms with E-state index in [1.165, 1.54) is 0 Å². The molecule has 0 aliphatic carbocycles. The molecule has 1 aliphatic rings. The number of hydrogen-bond acceptors (Lipinski definition) is 5. The van der Waals surface area contributed by atoms with E-state index < -0.39 is 0 Å². The number of methoxy groups -OCH3 is 1. The number of carbonyl (C=O) groups is 1. The summed E-state index contributed by atoms with van der Waals surface area (Å²) in [6, 6.07) is 13.5. The van der Waals surface area contributed by atoms with Crippen molar-refractivity contribution in [1.29, 1.82) is 0 Å². The first kappa shape index (κ1) is 17.1. The maximum Gasteiger partial charge on any atom is 0.234 e. The number of ether oxygens (including phenoxy) is 3. The number of benzene rings is 2. The van der Waals surface area contributed by atoms with Gasteiger partial charge in [-0.25, -0.2) is 0 Å². The smallest absolute Gasteiger partial charge is 0.234 e. The van der Waals surface area contributed by atoms with Crippen LogP contribution < -0.4 is 19.5 Å². The minimum Gasteiger partial charge on any atom is -0.497 e. The van der Waals surface area contributed by atoms with Crippen molar-refractivity contribution in [2.24, 2.45) is 0 Å². The Morgan fingerprint density at radius 2 is 1.84 bits per heavy atom. The number of rotatable bonds is 7. The predicted octanol–water partition coefficient (Wildman–Crippen LogP) is 2.17. The van der Waals surface area contributed by atoms with Gasteiger partial charge in [-0.05, 0) is 42.4 Å². The van der Waals surface area contributed by atoms with Gasteiger partial charge in [-0.3, -0.25) is 9.69 Å². The van der Waals surface area contributed by atoms with E-state index >= 15 is 0 Å². The van der Waals surface area contributed by atoms with Crippen LogP contribution in [0.2, 0.25) is 0 Å². The van der Waals surface area contributed by atoms with Gasteiger partial charge in [0.05, 0.1) is 13.7 Å². The maximum atomic E-state index is 12.1. The number of nitrogens with zero attached hydrogens (tertiary/aromatic N) is 1. The van der Waals surface area contributed by atoms with Gasteiger partial charge in [0.25, 0.3) is 0 Å². The van der Waals surface area contributed by atoms with Gasteiger partial charge < -0.3 is 19.5 Å². The van der Waals surface area contributed by atoms with Crippen LogP contribution in [0.15, 0.2) is 42.5 Å². The van der Waals surface area contributed by atoms with Crippen molar-refractivity contribution < 1.29 is 19.0 Å². The lowest BCUT2D eigenvalue weighted by atomic mass is 10.2. The molecule has 0 atom stereocenters. The van der Waals surface area contributed by atoms with Gasteiger partial charge >= 0.3 is 0 Å². The zero-order valence-corrected chi connectivity index (χ0v) is 14.5. The minimum atomic E-state index is -0.0197. The molecular weight excluding hydrogens is 320 g/mol. The highest BCUT2D eigenvalue weighted by Crippen LogP contribution is 2.32. The first-order valence-corrected chi connectivity index (χ1v) is 8.11. The number of amides is 1. The first-order valence-electron chi connectivity index (χ1n) is 8.11. The van der Waals surface area contributed by atoms with E-state index in [9.17, 15) is 4.79 Å². The Kier molecular flexibility index (Phi) is 5.40. The van der Waals surface area contributed by atoms with Gasteiger partial charge in [-0.2, -0.15) is 0 Å². The Bertz CT molecular complexity index is 731. The summed E-state index contributed by atoms with van der Waals surface area (Å²) in [6.45, 7) is 1.74. The molecule has 2 aromatic carbocycles. The van der Waals surface area contributed by atoms with Crippen molar-refractivity contribution in [3.05, 3.63) is 53.6 Å². The third-order valence-electron chi connectivity index (χ3n) is 3.95. The van der Waals surface area contributed by atoms with Crippen LogP contribution in [0.1, 0.15) is 11.1 Å². The average molecular weight is 342 g/mol.